The molecule has 5 nitrogen and oxygen atoms in total. The Morgan fingerprint density at radius 2 is 2.11 bits per heavy atom. The molecule has 1 heterocycles. The Kier molecular flexibility index (Phi) is 3.82. The Hall–Kier alpha value is -0.820. The zero-order chi connectivity index (χ0) is 13.3. The number of hydrogen-bond donors (Lipinski definition) is 1. The van der Waals surface area contributed by atoms with E-state index in [-0.39, 0.29) is 16.5 Å². The predicted octanol–water partition coefficient (Wildman–Crippen LogP) is 1.90. The molecule has 0 aromatic carbocycles. The van der Waals surface area contributed by atoms with Gasteiger partial charge in [-0.3, -0.25) is 0 Å². The highest BCUT2D eigenvalue weighted by molar-refractivity contribution is 7.91. The van der Waals surface area contributed by atoms with E-state index in [4.69, 9.17) is 5.73 Å². The van der Waals surface area contributed by atoms with Gasteiger partial charge in [0.2, 0.25) is 0 Å². The maximum atomic E-state index is 12.3. The maximum Gasteiger partial charge on any atom is 0.185 e. The number of nitrogens with zero attached hydrogens (tertiary/aromatic N) is 2. The average molecular weight is 289 g/mol. The van der Waals surface area contributed by atoms with Gasteiger partial charge < -0.3 is 10.6 Å². The van der Waals surface area contributed by atoms with Gasteiger partial charge in [0.25, 0.3) is 0 Å². The van der Waals surface area contributed by atoms with Crippen molar-refractivity contribution in [3.8, 4) is 0 Å². The van der Waals surface area contributed by atoms with Crippen LogP contribution < -0.4 is 10.6 Å². The first-order valence-corrected chi connectivity index (χ1v) is 8.68. The monoisotopic (exact) mass is 289 g/mol. The van der Waals surface area contributed by atoms with E-state index in [0.717, 1.165) is 24.4 Å². The van der Waals surface area contributed by atoms with Crippen LogP contribution in [0.15, 0.2) is 4.90 Å². The van der Waals surface area contributed by atoms with Crippen LogP contribution in [0.1, 0.15) is 33.1 Å². The molecule has 0 aliphatic heterocycles. The number of nitrogens with two attached hydrogens (primary N) is 1. The van der Waals surface area contributed by atoms with Crippen molar-refractivity contribution in [2.75, 3.05) is 22.9 Å². The van der Waals surface area contributed by atoms with Gasteiger partial charge in [0.15, 0.2) is 15.7 Å². The Morgan fingerprint density at radius 1 is 1.44 bits per heavy atom. The number of aromatic nitrogens is 1. The topological polar surface area (TPSA) is 76.3 Å². The van der Waals surface area contributed by atoms with Crippen LogP contribution in [-0.2, 0) is 9.84 Å². The van der Waals surface area contributed by atoms with Crippen LogP contribution >= 0.6 is 11.5 Å². The number of rotatable bonds is 6. The molecule has 1 aromatic rings. The van der Waals surface area contributed by atoms with Gasteiger partial charge in [0.05, 0.1) is 5.75 Å². The van der Waals surface area contributed by atoms with Crippen molar-refractivity contribution < 1.29 is 8.42 Å². The molecule has 0 saturated heterocycles. The third kappa shape index (κ3) is 2.47. The van der Waals surface area contributed by atoms with Gasteiger partial charge in [-0.05, 0) is 37.7 Å². The van der Waals surface area contributed by atoms with Gasteiger partial charge in [-0.2, -0.15) is 4.37 Å². The quantitative estimate of drug-likeness (QED) is 0.865. The Morgan fingerprint density at radius 3 is 2.61 bits per heavy atom. The summed E-state index contributed by atoms with van der Waals surface area (Å²) in [4.78, 5) is 2.37. The van der Waals surface area contributed by atoms with Crippen molar-refractivity contribution in [1.82, 2.24) is 4.37 Å². The fourth-order valence-electron chi connectivity index (χ4n) is 2.08. The smallest absolute Gasteiger partial charge is 0.185 e. The highest BCUT2D eigenvalue weighted by Crippen LogP contribution is 2.40. The standard InChI is InChI=1S/C11H19N3O2S2/c1-3-7-18(15,16)9-10(12)13-17-11(9)14(4-2)8-5-6-8/h8H,3-7H2,1-2H3,(H2,12,13). The second kappa shape index (κ2) is 5.05. The van der Waals surface area contributed by atoms with Gasteiger partial charge in [-0.25, -0.2) is 8.42 Å². The van der Waals surface area contributed by atoms with Crippen LogP contribution in [0.5, 0.6) is 0 Å². The Labute approximate surface area is 112 Å². The van der Waals surface area contributed by atoms with Crippen LogP contribution in [-0.4, -0.2) is 31.1 Å². The minimum Gasteiger partial charge on any atom is -0.382 e. The van der Waals surface area contributed by atoms with Crippen molar-refractivity contribution >= 4 is 32.2 Å². The molecule has 1 aromatic heterocycles. The van der Waals surface area contributed by atoms with Crippen molar-refractivity contribution in [1.29, 1.82) is 0 Å². The van der Waals surface area contributed by atoms with Crippen LogP contribution in [0.25, 0.3) is 0 Å². The van der Waals surface area contributed by atoms with E-state index in [1.807, 2.05) is 13.8 Å². The molecule has 0 radical (unpaired) electrons. The van der Waals surface area contributed by atoms with Crippen molar-refractivity contribution in [2.45, 2.75) is 44.0 Å². The van der Waals surface area contributed by atoms with Crippen LogP contribution in [0.4, 0.5) is 10.8 Å². The Bertz CT molecular complexity index is 520. The summed E-state index contributed by atoms with van der Waals surface area (Å²) in [5.41, 5.74) is 5.76. The van der Waals surface area contributed by atoms with E-state index in [2.05, 4.69) is 9.27 Å². The molecular weight excluding hydrogens is 270 g/mol. The molecule has 0 spiro atoms. The van der Waals surface area contributed by atoms with Crippen LogP contribution in [0.2, 0.25) is 0 Å². The summed E-state index contributed by atoms with van der Waals surface area (Å²) in [6, 6.07) is 0.463. The molecule has 1 fully saturated rings. The van der Waals surface area contributed by atoms with E-state index < -0.39 is 9.84 Å². The fourth-order valence-corrected chi connectivity index (χ4v) is 4.97. The lowest BCUT2D eigenvalue weighted by molar-refractivity contribution is 0.595. The molecule has 1 aliphatic rings. The van der Waals surface area contributed by atoms with E-state index in [1.54, 1.807) is 0 Å². The molecule has 1 saturated carbocycles. The van der Waals surface area contributed by atoms with Gasteiger partial charge in [0, 0.05) is 12.6 Å². The molecule has 18 heavy (non-hydrogen) atoms. The van der Waals surface area contributed by atoms with Crippen LogP contribution in [0.3, 0.4) is 0 Å². The van der Waals surface area contributed by atoms with Crippen molar-refractivity contribution in [2.24, 2.45) is 0 Å². The minimum absolute atomic E-state index is 0.130. The van der Waals surface area contributed by atoms with E-state index >= 15 is 0 Å². The Balaban J connectivity index is 2.43. The second-order valence-electron chi connectivity index (χ2n) is 4.54. The molecule has 7 heteroatoms. The highest BCUT2D eigenvalue weighted by Gasteiger charge is 2.34. The molecule has 2 rings (SSSR count). The molecule has 0 unspecified atom stereocenters. The maximum absolute atomic E-state index is 12.3. The second-order valence-corrected chi connectivity index (χ2v) is 7.34. The summed E-state index contributed by atoms with van der Waals surface area (Å²) < 4.78 is 28.6. The third-order valence-corrected chi connectivity index (χ3v) is 6.03. The van der Waals surface area contributed by atoms with E-state index in [1.165, 1.54) is 11.5 Å². The molecule has 0 bridgehead atoms. The minimum atomic E-state index is -3.31. The predicted molar refractivity (Wildman–Crippen MR) is 74.9 cm³/mol. The van der Waals surface area contributed by atoms with Crippen molar-refractivity contribution in [3.63, 3.8) is 0 Å². The lowest BCUT2D eigenvalue weighted by Crippen LogP contribution is -2.26. The first-order valence-electron chi connectivity index (χ1n) is 6.25. The first kappa shape index (κ1) is 13.6. The van der Waals surface area contributed by atoms with Gasteiger partial charge in [-0.15, -0.1) is 0 Å². The van der Waals surface area contributed by atoms with Gasteiger partial charge in [0.1, 0.15) is 9.90 Å². The van der Waals surface area contributed by atoms with Gasteiger partial charge >= 0.3 is 0 Å². The van der Waals surface area contributed by atoms with E-state index in [9.17, 15) is 8.42 Å². The van der Waals surface area contributed by atoms with Gasteiger partial charge in [-0.1, -0.05) is 6.92 Å². The molecule has 0 amide bonds. The number of nitrogen functional groups attached to an aromatic ring is 1. The summed E-state index contributed by atoms with van der Waals surface area (Å²) in [7, 11) is -3.31. The number of sulfone groups is 1. The zero-order valence-corrected chi connectivity index (χ0v) is 12.4. The van der Waals surface area contributed by atoms with Crippen LogP contribution in [0, 0.1) is 0 Å². The highest BCUT2D eigenvalue weighted by atomic mass is 32.2. The lowest BCUT2D eigenvalue weighted by atomic mass is 10.4. The van der Waals surface area contributed by atoms with Crippen molar-refractivity contribution in [3.05, 3.63) is 0 Å². The molecule has 0 atom stereocenters. The average Bonchev–Trinajstić information content (AvgIpc) is 3.03. The summed E-state index contributed by atoms with van der Waals surface area (Å²) in [5.74, 6) is 0.285. The molecule has 1 aliphatic carbocycles. The lowest BCUT2D eigenvalue weighted by Gasteiger charge is -2.21. The molecular formula is C11H19N3O2S2. The fraction of sp³-hybridized carbons (Fsp3) is 0.727. The summed E-state index contributed by atoms with van der Waals surface area (Å²) in [6.45, 7) is 4.68. The molecule has 2 N–H and O–H groups in total. The summed E-state index contributed by atoms with van der Waals surface area (Å²) >= 11 is 1.20. The normalized spacial score (nSPS) is 15.9. The number of anilines is 2. The first-order chi connectivity index (χ1) is 8.51. The molecule has 102 valence electrons. The SMILES string of the molecule is CCCS(=O)(=O)c1c(N)nsc1N(CC)C1CC1. The number of hydrogen-bond acceptors (Lipinski definition) is 6. The third-order valence-electron chi connectivity index (χ3n) is 3.03. The van der Waals surface area contributed by atoms with E-state index in [0.29, 0.717) is 12.5 Å². The summed E-state index contributed by atoms with van der Waals surface area (Å²) in [5, 5.41) is 0.728. The largest absolute Gasteiger partial charge is 0.382 e. The zero-order valence-electron chi connectivity index (χ0n) is 10.7. The summed E-state index contributed by atoms with van der Waals surface area (Å²) in [6.07, 6.45) is 2.84.